The van der Waals surface area contributed by atoms with E-state index in [1.165, 1.54) is 5.69 Å². The first kappa shape index (κ1) is 20.9. The standard InChI is InChI=1S/C21H29ClN6O2/c1-14(29)27-8-5-18-17(13-27)21(24-28(18)15-6-9-30-10-7-15)26(4)16-11-19(25(2)3)20(22)23-12-16/h11-12,15H,5-10,13H2,1-4H3. The highest BCUT2D eigenvalue weighted by atomic mass is 35.5. The van der Waals surface area contributed by atoms with Crippen LogP contribution in [0.3, 0.4) is 0 Å². The molecule has 4 heterocycles. The maximum absolute atomic E-state index is 12.1. The van der Waals surface area contributed by atoms with Gasteiger partial charge in [0.15, 0.2) is 11.0 Å². The van der Waals surface area contributed by atoms with Crippen molar-refractivity contribution in [3.05, 3.63) is 28.7 Å². The third kappa shape index (κ3) is 3.86. The molecule has 4 rings (SSSR count). The normalized spacial score (nSPS) is 17.0. The fourth-order valence-electron chi connectivity index (χ4n) is 4.24. The molecule has 1 amide bonds. The van der Waals surface area contributed by atoms with Crippen LogP contribution >= 0.6 is 11.6 Å². The Morgan fingerprint density at radius 2 is 2.00 bits per heavy atom. The van der Waals surface area contributed by atoms with E-state index in [0.717, 1.165) is 61.8 Å². The molecule has 0 aliphatic carbocycles. The van der Waals surface area contributed by atoms with E-state index < -0.39 is 0 Å². The fraction of sp³-hybridized carbons (Fsp3) is 0.571. The Balaban J connectivity index is 1.76. The zero-order chi connectivity index (χ0) is 21.4. The minimum Gasteiger partial charge on any atom is -0.381 e. The molecule has 30 heavy (non-hydrogen) atoms. The lowest BCUT2D eigenvalue weighted by atomic mass is 10.0. The molecule has 0 aromatic carbocycles. The molecule has 0 bridgehead atoms. The second-order valence-electron chi connectivity index (χ2n) is 8.18. The van der Waals surface area contributed by atoms with Gasteiger partial charge in [-0.05, 0) is 18.9 Å². The van der Waals surface area contributed by atoms with Gasteiger partial charge in [-0.2, -0.15) is 5.10 Å². The smallest absolute Gasteiger partial charge is 0.219 e. The molecule has 2 aromatic heterocycles. The van der Waals surface area contributed by atoms with Crippen LogP contribution in [0.15, 0.2) is 12.3 Å². The number of anilines is 3. The molecule has 0 N–H and O–H groups in total. The van der Waals surface area contributed by atoms with Crippen molar-refractivity contribution in [3.63, 3.8) is 0 Å². The number of aromatic nitrogens is 3. The minimum absolute atomic E-state index is 0.0936. The van der Waals surface area contributed by atoms with Crippen LogP contribution in [0, 0.1) is 0 Å². The van der Waals surface area contributed by atoms with E-state index in [2.05, 4.69) is 14.6 Å². The topological polar surface area (TPSA) is 66.7 Å². The van der Waals surface area contributed by atoms with E-state index in [1.54, 1.807) is 13.1 Å². The minimum atomic E-state index is 0.0936. The molecule has 2 aliphatic heterocycles. The summed E-state index contributed by atoms with van der Waals surface area (Å²) >= 11 is 6.27. The van der Waals surface area contributed by atoms with Gasteiger partial charge in [-0.15, -0.1) is 0 Å². The summed E-state index contributed by atoms with van der Waals surface area (Å²) in [5, 5.41) is 5.52. The number of carbonyl (C=O) groups excluding carboxylic acids is 1. The van der Waals surface area contributed by atoms with Crippen molar-refractivity contribution in [2.75, 3.05) is 50.7 Å². The molecule has 0 spiro atoms. The van der Waals surface area contributed by atoms with Crippen LogP contribution in [-0.4, -0.2) is 66.5 Å². The molecule has 2 aliphatic rings. The highest BCUT2D eigenvalue weighted by Gasteiger charge is 2.31. The fourth-order valence-corrected chi connectivity index (χ4v) is 4.52. The molecule has 1 saturated heterocycles. The van der Waals surface area contributed by atoms with Gasteiger partial charge in [0.2, 0.25) is 5.91 Å². The van der Waals surface area contributed by atoms with Crippen LogP contribution in [0.5, 0.6) is 0 Å². The number of rotatable bonds is 4. The Morgan fingerprint density at radius 1 is 1.27 bits per heavy atom. The lowest BCUT2D eigenvalue weighted by molar-refractivity contribution is -0.129. The number of pyridine rings is 1. The monoisotopic (exact) mass is 432 g/mol. The molecule has 0 saturated carbocycles. The average Bonchev–Trinajstić information content (AvgIpc) is 3.13. The Kier molecular flexibility index (Phi) is 5.88. The zero-order valence-corrected chi connectivity index (χ0v) is 18.8. The quantitative estimate of drug-likeness (QED) is 0.692. The van der Waals surface area contributed by atoms with E-state index in [4.69, 9.17) is 21.4 Å². The van der Waals surface area contributed by atoms with Crippen LogP contribution in [0.25, 0.3) is 0 Å². The molecule has 0 atom stereocenters. The third-order valence-electron chi connectivity index (χ3n) is 6.04. The Labute approximate surface area is 182 Å². The van der Waals surface area contributed by atoms with Crippen LogP contribution in [-0.2, 0) is 22.5 Å². The first-order chi connectivity index (χ1) is 14.4. The van der Waals surface area contributed by atoms with Gasteiger partial charge in [0, 0.05) is 65.5 Å². The molecule has 1 fully saturated rings. The Hall–Kier alpha value is -2.32. The number of hydrogen-bond donors (Lipinski definition) is 0. The van der Waals surface area contributed by atoms with E-state index in [-0.39, 0.29) is 5.91 Å². The second kappa shape index (κ2) is 8.43. The second-order valence-corrected chi connectivity index (χ2v) is 8.54. The number of hydrogen-bond acceptors (Lipinski definition) is 6. The van der Waals surface area contributed by atoms with E-state index in [0.29, 0.717) is 17.7 Å². The summed E-state index contributed by atoms with van der Waals surface area (Å²) in [6, 6.07) is 2.35. The molecule has 9 heteroatoms. The summed E-state index contributed by atoms with van der Waals surface area (Å²) < 4.78 is 7.75. The van der Waals surface area contributed by atoms with Crippen molar-refractivity contribution in [2.24, 2.45) is 0 Å². The largest absolute Gasteiger partial charge is 0.381 e. The van der Waals surface area contributed by atoms with E-state index in [9.17, 15) is 4.79 Å². The predicted molar refractivity (Wildman–Crippen MR) is 118 cm³/mol. The van der Waals surface area contributed by atoms with E-state index in [1.807, 2.05) is 37.0 Å². The molecular formula is C21H29ClN6O2. The SMILES string of the molecule is CC(=O)N1CCc2c(c(N(C)c3cnc(Cl)c(N(C)C)c3)nn2C2CCOCC2)C1. The van der Waals surface area contributed by atoms with Crippen LogP contribution in [0.1, 0.15) is 37.1 Å². The molecule has 0 radical (unpaired) electrons. The molecule has 0 unspecified atom stereocenters. The van der Waals surface area contributed by atoms with Gasteiger partial charge in [-0.3, -0.25) is 9.48 Å². The molecule has 162 valence electrons. The summed E-state index contributed by atoms with van der Waals surface area (Å²) in [6.07, 6.45) is 4.50. The van der Waals surface area contributed by atoms with Crippen molar-refractivity contribution >= 4 is 34.7 Å². The van der Waals surface area contributed by atoms with Crippen molar-refractivity contribution in [2.45, 2.75) is 38.8 Å². The zero-order valence-electron chi connectivity index (χ0n) is 18.1. The van der Waals surface area contributed by atoms with Crippen molar-refractivity contribution in [1.82, 2.24) is 19.7 Å². The Morgan fingerprint density at radius 3 is 2.67 bits per heavy atom. The molecule has 8 nitrogen and oxygen atoms in total. The van der Waals surface area contributed by atoms with Gasteiger partial charge < -0.3 is 19.4 Å². The summed E-state index contributed by atoms with van der Waals surface area (Å²) in [4.78, 5) is 22.3. The first-order valence-corrected chi connectivity index (χ1v) is 10.7. The van der Waals surface area contributed by atoms with Crippen LogP contribution < -0.4 is 9.80 Å². The number of ether oxygens (including phenoxy) is 1. The highest BCUT2D eigenvalue weighted by Crippen LogP contribution is 2.37. The van der Waals surface area contributed by atoms with Gasteiger partial charge in [0.25, 0.3) is 0 Å². The van der Waals surface area contributed by atoms with Gasteiger partial charge in [0.1, 0.15) is 0 Å². The number of halogens is 1. The number of amides is 1. The number of fused-ring (bicyclic) bond motifs is 1. The van der Waals surface area contributed by atoms with Crippen molar-refractivity contribution < 1.29 is 9.53 Å². The maximum Gasteiger partial charge on any atom is 0.219 e. The molecule has 2 aromatic rings. The highest BCUT2D eigenvalue weighted by molar-refractivity contribution is 6.32. The van der Waals surface area contributed by atoms with Crippen molar-refractivity contribution in [1.29, 1.82) is 0 Å². The van der Waals surface area contributed by atoms with Crippen LogP contribution in [0.2, 0.25) is 5.15 Å². The van der Waals surface area contributed by atoms with Crippen molar-refractivity contribution in [3.8, 4) is 0 Å². The van der Waals surface area contributed by atoms with Gasteiger partial charge >= 0.3 is 0 Å². The number of carbonyl (C=O) groups is 1. The van der Waals surface area contributed by atoms with Crippen LogP contribution in [0.4, 0.5) is 17.2 Å². The summed E-state index contributed by atoms with van der Waals surface area (Å²) in [6.45, 7) is 4.46. The lowest BCUT2D eigenvalue weighted by Crippen LogP contribution is -2.35. The lowest BCUT2D eigenvalue weighted by Gasteiger charge is -2.29. The average molecular weight is 433 g/mol. The third-order valence-corrected chi connectivity index (χ3v) is 6.33. The van der Waals surface area contributed by atoms with E-state index >= 15 is 0 Å². The van der Waals surface area contributed by atoms with Gasteiger partial charge in [-0.1, -0.05) is 11.6 Å². The first-order valence-electron chi connectivity index (χ1n) is 10.4. The van der Waals surface area contributed by atoms with Gasteiger partial charge in [-0.25, -0.2) is 4.98 Å². The molecular weight excluding hydrogens is 404 g/mol. The summed E-state index contributed by atoms with van der Waals surface area (Å²) in [5.41, 5.74) is 4.11. The Bertz CT molecular complexity index is 938. The van der Waals surface area contributed by atoms with Gasteiger partial charge in [0.05, 0.1) is 30.2 Å². The summed E-state index contributed by atoms with van der Waals surface area (Å²) in [7, 11) is 5.88. The predicted octanol–water partition coefficient (Wildman–Crippen LogP) is 3.02. The number of nitrogens with zero attached hydrogens (tertiary/aromatic N) is 6. The summed E-state index contributed by atoms with van der Waals surface area (Å²) in [5.74, 6) is 0.965. The maximum atomic E-state index is 12.1.